The standard InChI is InChI=1S/C16H15N3O3S/c1-11-8-14(9-12(2)18-11)15(10-17)23(21,22)19-16(20)13-6-4-3-5-7-13/h3-9,15H,1-2H3,(H,19,20). The number of hydrogen-bond acceptors (Lipinski definition) is 5. The monoisotopic (exact) mass is 329 g/mol. The molecule has 6 nitrogen and oxygen atoms in total. The van der Waals surface area contributed by atoms with Crippen LogP contribution in [0.2, 0.25) is 0 Å². The molecule has 1 atom stereocenters. The van der Waals surface area contributed by atoms with Gasteiger partial charge in [0.15, 0.2) is 5.25 Å². The van der Waals surface area contributed by atoms with Crippen LogP contribution in [0.1, 0.15) is 32.6 Å². The molecule has 0 aliphatic rings. The second-order valence-electron chi connectivity index (χ2n) is 5.03. The van der Waals surface area contributed by atoms with Crippen molar-refractivity contribution in [2.24, 2.45) is 0 Å². The summed E-state index contributed by atoms with van der Waals surface area (Å²) in [6, 6.07) is 12.7. The fraction of sp³-hybridized carbons (Fsp3) is 0.188. The Balaban J connectivity index is 2.33. The average Bonchev–Trinajstić information content (AvgIpc) is 2.47. The lowest BCUT2D eigenvalue weighted by atomic mass is 10.1. The van der Waals surface area contributed by atoms with Crippen molar-refractivity contribution >= 4 is 15.9 Å². The number of nitrogens with zero attached hydrogens (tertiary/aromatic N) is 2. The van der Waals surface area contributed by atoms with Crippen molar-refractivity contribution in [1.82, 2.24) is 9.71 Å². The van der Waals surface area contributed by atoms with Gasteiger partial charge in [0.25, 0.3) is 15.9 Å². The summed E-state index contributed by atoms with van der Waals surface area (Å²) in [5.41, 5.74) is 1.69. The first kappa shape index (κ1) is 16.6. The molecule has 1 aromatic heterocycles. The van der Waals surface area contributed by atoms with Crippen LogP contribution in [0, 0.1) is 25.2 Å². The summed E-state index contributed by atoms with van der Waals surface area (Å²) in [6.45, 7) is 3.42. The molecule has 23 heavy (non-hydrogen) atoms. The van der Waals surface area contributed by atoms with Crippen LogP contribution in [0.4, 0.5) is 0 Å². The molecule has 1 amide bonds. The Morgan fingerprint density at radius 3 is 2.26 bits per heavy atom. The van der Waals surface area contributed by atoms with Crippen molar-refractivity contribution in [1.29, 1.82) is 5.26 Å². The average molecular weight is 329 g/mol. The van der Waals surface area contributed by atoms with Crippen molar-refractivity contribution in [3.8, 4) is 6.07 Å². The SMILES string of the molecule is Cc1cc(C(C#N)S(=O)(=O)NC(=O)c2ccccc2)cc(C)n1. The summed E-state index contributed by atoms with van der Waals surface area (Å²) in [5.74, 6) is -0.770. The first-order chi connectivity index (χ1) is 10.8. The number of amides is 1. The van der Waals surface area contributed by atoms with Gasteiger partial charge in [0, 0.05) is 17.0 Å². The molecule has 1 heterocycles. The van der Waals surface area contributed by atoms with E-state index >= 15 is 0 Å². The van der Waals surface area contributed by atoms with E-state index in [1.165, 1.54) is 24.3 Å². The molecule has 2 aromatic rings. The van der Waals surface area contributed by atoms with E-state index < -0.39 is 21.2 Å². The van der Waals surface area contributed by atoms with E-state index in [9.17, 15) is 18.5 Å². The van der Waals surface area contributed by atoms with E-state index in [4.69, 9.17) is 0 Å². The molecule has 0 aliphatic heterocycles. The second-order valence-corrected chi connectivity index (χ2v) is 6.80. The molecule has 0 fully saturated rings. The van der Waals surface area contributed by atoms with Crippen LogP contribution in [0.15, 0.2) is 42.5 Å². The number of pyridine rings is 1. The number of rotatable bonds is 4. The van der Waals surface area contributed by atoms with Crippen LogP contribution < -0.4 is 4.72 Å². The molecular weight excluding hydrogens is 314 g/mol. The predicted octanol–water partition coefficient (Wildman–Crippen LogP) is 2.02. The number of nitriles is 1. The van der Waals surface area contributed by atoms with Gasteiger partial charge >= 0.3 is 0 Å². The summed E-state index contributed by atoms with van der Waals surface area (Å²) < 4.78 is 26.7. The number of nitrogens with one attached hydrogen (secondary N) is 1. The van der Waals surface area contributed by atoms with Crippen molar-refractivity contribution in [2.75, 3.05) is 0 Å². The molecule has 0 radical (unpaired) electrons. The summed E-state index contributed by atoms with van der Waals surface area (Å²) >= 11 is 0. The maximum atomic E-state index is 12.4. The number of hydrogen-bond donors (Lipinski definition) is 1. The zero-order chi connectivity index (χ0) is 17.0. The lowest BCUT2D eigenvalue weighted by molar-refractivity contribution is 0.0981. The molecule has 2 rings (SSSR count). The van der Waals surface area contributed by atoms with Gasteiger partial charge in [0.1, 0.15) is 0 Å². The zero-order valence-electron chi connectivity index (χ0n) is 12.6. The van der Waals surface area contributed by atoms with Gasteiger partial charge in [0.05, 0.1) is 6.07 Å². The summed E-state index contributed by atoms with van der Waals surface area (Å²) in [5, 5.41) is 7.79. The highest BCUT2D eigenvalue weighted by Gasteiger charge is 2.29. The number of benzene rings is 1. The number of aromatic nitrogens is 1. The van der Waals surface area contributed by atoms with Gasteiger partial charge in [-0.1, -0.05) is 18.2 Å². The highest BCUT2D eigenvalue weighted by Crippen LogP contribution is 2.22. The normalized spacial score (nSPS) is 12.2. The Labute approximate surface area is 134 Å². The topological polar surface area (TPSA) is 99.9 Å². The van der Waals surface area contributed by atoms with Crippen molar-refractivity contribution in [2.45, 2.75) is 19.1 Å². The minimum absolute atomic E-state index is 0.204. The Morgan fingerprint density at radius 1 is 1.17 bits per heavy atom. The van der Waals surface area contributed by atoms with Crippen molar-refractivity contribution in [3.05, 3.63) is 65.0 Å². The number of sulfonamides is 1. The smallest absolute Gasteiger partial charge is 0.264 e. The Morgan fingerprint density at radius 2 is 1.74 bits per heavy atom. The quantitative estimate of drug-likeness (QED) is 0.925. The molecule has 0 spiro atoms. The van der Waals surface area contributed by atoms with Gasteiger partial charge in [-0.05, 0) is 43.7 Å². The molecule has 0 saturated heterocycles. The van der Waals surface area contributed by atoms with E-state index in [-0.39, 0.29) is 11.1 Å². The maximum Gasteiger partial charge on any atom is 0.264 e. The summed E-state index contributed by atoms with van der Waals surface area (Å²) in [7, 11) is -4.19. The van der Waals surface area contributed by atoms with Crippen LogP contribution in [0.5, 0.6) is 0 Å². The van der Waals surface area contributed by atoms with Crippen molar-refractivity contribution in [3.63, 3.8) is 0 Å². The van der Waals surface area contributed by atoms with Crippen LogP contribution in [-0.2, 0) is 10.0 Å². The highest BCUT2D eigenvalue weighted by atomic mass is 32.2. The minimum atomic E-state index is -4.19. The molecular formula is C16H15N3O3S. The first-order valence-corrected chi connectivity index (χ1v) is 8.34. The summed E-state index contributed by atoms with van der Waals surface area (Å²) in [4.78, 5) is 16.2. The molecule has 7 heteroatoms. The van der Waals surface area contributed by atoms with Gasteiger partial charge in [-0.15, -0.1) is 0 Å². The van der Waals surface area contributed by atoms with E-state index in [0.717, 1.165) is 0 Å². The van der Waals surface area contributed by atoms with E-state index in [1.807, 2.05) is 4.72 Å². The van der Waals surface area contributed by atoms with E-state index in [1.54, 1.807) is 38.1 Å². The molecule has 118 valence electrons. The lowest BCUT2D eigenvalue weighted by Crippen LogP contribution is -2.34. The van der Waals surface area contributed by atoms with Gasteiger partial charge in [-0.2, -0.15) is 5.26 Å². The lowest BCUT2D eigenvalue weighted by Gasteiger charge is -2.13. The van der Waals surface area contributed by atoms with Crippen LogP contribution in [-0.4, -0.2) is 19.3 Å². The molecule has 1 unspecified atom stereocenters. The van der Waals surface area contributed by atoms with Crippen molar-refractivity contribution < 1.29 is 13.2 Å². The largest absolute Gasteiger partial charge is 0.268 e. The molecule has 0 bridgehead atoms. The zero-order valence-corrected chi connectivity index (χ0v) is 13.5. The highest BCUT2D eigenvalue weighted by molar-refractivity contribution is 7.90. The Bertz CT molecular complexity index is 851. The van der Waals surface area contributed by atoms with Gasteiger partial charge in [-0.3, -0.25) is 9.78 Å². The van der Waals surface area contributed by atoms with Gasteiger partial charge in [0.2, 0.25) is 0 Å². The minimum Gasteiger partial charge on any atom is -0.268 e. The third kappa shape index (κ3) is 3.93. The summed E-state index contributed by atoms with van der Waals surface area (Å²) in [6.07, 6.45) is 0. The molecule has 0 aliphatic carbocycles. The Kier molecular flexibility index (Phi) is 4.77. The second kappa shape index (κ2) is 6.58. The fourth-order valence-corrected chi connectivity index (χ4v) is 3.31. The fourth-order valence-electron chi connectivity index (χ4n) is 2.18. The number of aryl methyl sites for hydroxylation is 2. The Hall–Kier alpha value is -2.72. The first-order valence-electron chi connectivity index (χ1n) is 6.79. The molecule has 1 aromatic carbocycles. The van der Waals surface area contributed by atoms with E-state index in [0.29, 0.717) is 11.4 Å². The van der Waals surface area contributed by atoms with E-state index in [2.05, 4.69) is 4.98 Å². The van der Waals surface area contributed by atoms with Crippen LogP contribution >= 0.6 is 0 Å². The van der Waals surface area contributed by atoms with Gasteiger partial charge < -0.3 is 0 Å². The number of carbonyl (C=O) groups is 1. The third-order valence-corrected chi connectivity index (χ3v) is 4.57. The van der Waals surface area contributed by atoms with Gasteiger partial charge in [-0.25, -0.2) is 13.1 Å². The molecule has 0 saturated carbocycles. The molecule has 1 N–H and O–H groups in total. The number of carbonyl (C=O) groups excluding carboxylic acids is 1. The predicted molar refractivity (Wildman–Crippen MR) is 84.9 cm³/mol. The van der Waals surface area contributed by atoms with Crippen LogP contribution in [0.25, 0.3) is 0 Å². The third-order valence-electron chi connectivity index (χ3n) is 3.11. The van der Waals surface area contributed by atoms with Crippen LogP contribution in [0.3, 0.4) is 0 Å². The maximum absolute atomic E-state index is 12.4.